The maximum Gasteiger partial charge on any atom is 1.00 e. The van der Waals surface area contributed by atoms with Gasteiger partial charge in [-0.15, -0.1) is 0 Å². The van der Waals surface area contributed by atoms with Crippen LogP contribution in [0.3, 0.4) is 0 Å². The number of nitro groups is 3. The number of rotatable bonds is 4. The van der Waals surface area contributed by atoms with Crippen molar-refractivity contribution >= 4 is 27.2 Å². The molecule has 0 unspecified atom stereocenters. The number of benzene rings is 1. The van der Waals surface area contributed by atoms with Crippen LogP contribution >= 0.6 is 0 Å². The molecule has 5 N–H and O–H groups in total. The van der Waals surface area contributed by atoms with Gasteiger partial charge in [0.2, 0.25) is 4.90 Å². The summed E-state index contributed by atoms with van der Waals surface area (Å²) in [6.07, 6.45) is 0. The van der Waals surface area contributed by atoms with E-state index in [1.54, 1.807) is 0 Å². The van der Waals surface area contributed by atoms with Gasteiger partial charge in [0, 0.05) is 0 Å². The fourth-order valence-electron chi connectivity index (χ4n) is 1.23. The molecule has 22 heavy (non-hydrogen) atoms. The molecule has 0 saturated heterocycles. The van der Waals surface area contributed by atoms with Gasteiger partial charge in [0.05, 0.1) is 26.9 Å². The van der Waals surface area contributed by atoms with E-state index in [1.807, 2.05) is 0 Å². The molecule has 0 fully saturated rings. The Bertz CT molecular complexity index is 673. The SMILES string of the molecule is O.O.O=[N+]([O-])c1cc([N+](=O)[O-])c(S(=O)(=O)O)c([N+](=O)[O-])c1.[H-].[Na+]. The zero-order chi connectivity index (χ0) is 15.0. The third-order valence-electron chi connectivity index (χ3n) is 1.90. The molecule has 0 aliphatic heterocycles. The van der Waals surface area contributed by atoms with Gasteiger partial charge in [-0.25, -0.2) is 0 Å². The van der Waals surface area contributed by atoms with Crippen LogP contribution < -0.4 is 29.6 Å². The van der Waals surface area contributed by atoms with Crippen LogP contribution in [0.1, 0.15) is 1.43 Å². The summed E-state index contributed by atoms with van der Waals surface area (Å²) in [4.78, 5) is 26.1. The van der Waals surface area contributed by atoms with Crippen molar-refractivity contribution in [3.63, 3.8) is 0 Å². The Morgan fingerprint density at radius 3 is 1.41 bits per heavy atom. The van der Waals surface area contributed by atoms with Crippen molar-refractivity contribution in [1.82, 2.24) is 0 Å². The first-order valence-corrected chi connectivity index (χ1v) is 5.58. The second-order valence-electron chi connectivity index (χ2n) is 3.06. The third-order valence-corrected chi connectivity index (χ3v) is 2.83. The van der Waals surface area contributed by atoms with E-state index in [2.05, 4.69) is 0 Å². The molecule has 0 spiro atoms. The van der Waals surface area contributed by atoms with Gasteiger partial charge in [0.15, 0.2) is 0 Å². The predicted octanol–water partition coefficient (Wildman–Crippen LogP) is -3.87. The van der Waals surface area contributed by atoms with Crippen molar-refractivity contribution < 1.29 is 69.7 Å². The van der Waals surface area contributed by atoms with E-state index >= 15 is 0 Å². The van der Waals surface area contributed by atoms with Crippen LogP contribution in [0.25, 0.3) is 0 Å². The Morgan fingerprint density at radius 2 is 1.23 bits per heavy atom. The summed E-state index contributed by atoms with van der Waals surface area (Å²) in [6, 6.07) is 0.409. The normalized spacial score (nSPS) is 9.50. The first kappa shape index (κ1) is 25.2. The smallest absolute Gasteiger partial charge is 1.00 e. The monoisotopic (exact) mass is 353 g/mol. The molecular formula is C6H8N3NaO11S. The van der Waals surface area contributed by atoms with E-state index in [0.29, 0.717) is 0 Å². The minimum atomic E-state index is -5.30. The number of non-ortho nitro benzene ring substituents is 1. The van der Waals surface area contributed by atoms with Crippen LogP contribution in [0.15, 0.2) is 17.0 Å². The van der Waals surface area contributed by atoms with Crippen molar-refractivity contribution in [2.75, 3.05) is 0 Å². The topological polar surface area (TPSA) is 247 Å². The molecule has 1 aromatic rings. The minimum Gasteiger partial charge on any atom is -1.00 e. The van der Waals surface area contributed by atoms with Gasteiger partial charge in [-0.05, 0) is 0 Å². The van der Waals surface area contributed by atoms with E-state index in [1.165, 1.54) is 0 Å². The first-order valence-electron chi connectivity index (χ1n) is 4.14. The van der Waals surface area contributed by atoms with Crippen molar-refractivity contribution in [2.24, 2.45) is 0 Å². The molecule has 14 nitrogen and oxygen atoms in total. The van der Waals surface area contributed by atoms with Gasteiger partial charge in [-0.1, -0.05) is 0 Å². The molecule has 0 aromatic heterocycles. The molecular weight excluding hydrogens is 345 g/mol. The van der Waals surface area contributed by atoms with Crippen molar-refractivity contribution in [3.8, 4) is 0 Å². The van der Waals surface area contributed by atoms with E-state index in [9.17, 15) is 38.8 Å². The van der Waals surface area contributed by atoms with Crippen LogP contribution in [-0.4, -0.2) is 38.7 Å². The van der Waals surface area contributed by atoms with Gasteiger partial charge in [-0.2, -0.15) is 8.42 Å². The summed E-state index contributed by atoms with van der Waals surface area (Å²) in [5.74, 6) is 0. The molecule has 0 radical (unpaired) electrons. The fourth-order valence-corrected chi connectivity index (χ4v) is 2.02. The maximum atomic E-state index is 10.9. The number of nitro benzene ring substituents is 3. The zero-order valence-electron chi connectivity index (χ0n) is 11.6. The molecule has 1 aromatic carbocycles. The third kappa shape index (κ3) is 5.22. The summed E-state index contributed by atoms with van der Waals surface area (Å²) in [5.41, 5.74) is -3.96. The van der Waals surface area contributed by atoms with E-state index in [-0.39, 0.29) is 54.1 Å². The Balaban J connectivity index is -0.000000451. The van der Waals surface area contributed by atoms with Crippen molar-refractivity contribution in [3.05, 3.63) is 42.5 Å². The summed E-state index contributed by atoms with van der Waals surface area (Å²) < 4.78 is 30.7. The van der Waals surface area contributed by atoms with E-state index in [4.69, 9.17) is 4.55 Å². The van der Waals surface area contributed by atoms with Crippen LogP contribution in [-0.2, 0) is 10.1 Å². The Morgan fingerprint density at radius 1 is 0.909 bits per heavy atom. The van der Waals surface area contributed by atoms with Crippen LogP contribution in [0, 0.1) is 30.3 Å². The Kier molecular flexibility index (Phi) is 9.90. The molecule has 0 saturated carbocycles. The van der Waals surface area contributed by atoms with Gasteiger partial charge >= 0.3 is 51.1 Å². The van der Waals surface area contributed by atoms with E-state index in [0.717, 1.165) is 0 Å². The Hall–Kier alpha value is -1.75. The first-order chi connectivity index (χ1) is 8.55. The molecule has 0 heterocycles. The van der Waals surface area contributed by atoms with Gasteiger partial charge < -0.3 is 12.4 Å². The summed E-state index contributed by atoms with van der Waals surface area (Å²) in [7, 11) is -5.30. The second kappa shape index (κ2) is 8.63. The standard InChI is InChI=1S/C6H3N3O9S.Na.2H2O.H/c10-7(11)3-1-4(8(12)13)6(19(16,17)18)5(2-3)9(14)15;;;;/h1-2H,(H,16,17,18);;2*1H2;/q;+1;;;-1. The minimum absolute atomic E-state index is 0. The quantitative estimate of drug-likeness (QED) is 0.240. The molecule has 1 rings (SSSR count). The molecule has 0 bridgehead atoms. The van der Waals surface area contributed by atoms with Crippen molar-refractivity contribution in [2.45, 2.75) is 4.90 Å². The average Bonchev–Trinajstić information content (AvgIpc) is 2.25. The molecule has 0 aliphatic rings. The van der Waals surface area contributed by atoms with Gasteiger partial charge in [0.25, 0.3) is 5.69 Å². The molecule has 0 aliphatic carbocycles. The predicted molar refractivity (Wildman–Crippen MR) is 64.6 cm³/mol. The molecule has 120 valence electrons. The summed E-state index contributed by atoms with van der Waals surface area (Å²) in [5, 5.41) is 31.7. The van der Waals surface area contributed by atoms with Gasteiger partial charge in [0.1, 0.15) is 0 Å². The number of nitrogens with zero attached hydrogens (tertiary/aromatic N) is 3. The molecule has 0 amide bonds. The van der Waals surface area contributed by atoms with Gasteiger partial charge in [-0.3, -0.25) is 34.9 Å². The van der Waals surface area contributed by atoms with Crippen LogP contribution in [0.5, 0.6) is 0 Å². The average molecular weight is 353 g/mol. The molecule has 0 atom stereocenters. The number of hydrogen-bond acceptors (Lipinski definition) is 8. The maximum absolute atomic E-state index is 10.9. The zero-order valence-corrected chi connectivity index (χ0v) is 13.4. The van der Waals surface area contributed by atoms with Crippen LogP contribution in [0.4, 0.5) is 17.1 Å². The Labute approximate surface area is 144 Å². The van der Waals surface area contributed by atoms with Crippen molar-refractivity contribution in [1.29, 1.82) is 0 Å². The summed E-state index contributed by atoms with van der Waals surface area (Å²) >= 11 is 0. The number of hydrogen-bond donors (Lipinski definition) is 1. The summed E-state index contributed by atoms with van der Waals surface area (Å²) in [6.45, 7) is 0. The van der Waals surface area contributed by atoms with E-state index < -0.39 is 46.8 Å². The second-order valence-corrected chi connectivity index (χ2v) is 4.42. The largest absolute Gasteiger partial charge is 1.00 e. The fraction of sp³-hybridized carbons (Fsp3) is 0. The van der Waals surface area contributed by atoms with Crippen LogP contribution in [0.2, 0.25) is 0 Å². The molecule has 16 heteroatoms.